The highest BCUT2D eigenvalue weighted by molar-refractivity contribution is 7.07. The molecule has 1 aliphatic rings. The number of halogens is 3. The van der Waals surface area contributed by atoms with Gasteiger partial charge in [0.25, 0.3) is 0 Å². The first-order valence-corrected chi connectivity index (χ1v) is 15.3. The van der Waals surface area contributed by atoms with E-state index in [1.54, 1.807) is 0 Å². The fraction of sp³-hybridized carbons (Fsp3) is 0.273. The number of amides is 2. The van der Waals surface area contributed by atoms with E-state index in [-0.39, 0.29) is 23.7 Å². The minimum atomic E-state index is -4.75. The van der Waals surface area contributed by atoms with Crippen molar-refractivity contribution in [3.05, 3.63) is 106 Å². The molecule has 1 aliphatic carbocycles. The number of ether oxygens (including phenoxy) is 1. The first kappa shape index (κ1) is 30.3. The van der Waals surface area contributed by atoms with E-state index in [2.05, 4.69) is 68.7 Å². The fourth-order valence-corrected chi connectivity index (χ4v) is 6.16. The normalized spacial score (nSPS) is 16.7. The van der Waals surface area contributed by atoms with Crippen molar-refractivity contribution in [1.29, 1.82) is 0 Å². The van der Waals surface area contributed by atoms with Crippen molar-refractivity contribution in [2.45, 2.75) is 58.4 Å². The van der Waals surface area contributed by atoms with E-state index < -0.39 is 6.36 Å². The van der Waals surface area contributed by atoms with Crippen LogP contribution in [0.1, 0.15) is 54.5 Å². The predicted molar refractivity (Wildman–Crippen MR) is 166 cm³/mol. The van der Waals surface area contributed by atoms with Crippen LogP contribution in [-0.2, 0) is 0 Å². The molecule has 0 bridgehead atoms. The maximum Gasteiger partial charge on any atom is 0.573 e. The Hall–Kier alpha value is -4.71. The highest BCUT2D eigenvalue weighted by Crippen LogP contribution is 2.41. The fourth-order valence-electron chi connectivity index (χ4n) is 5.30. The molecule has 6 rings (SSSR count). The number of rotatable bonds is 7. The van der Waals surface area contributed by atoms with Crippen LogP contribution in [0.5, 0.6) is 5.75 Å². The van der Waals surface area contributed by atoms with Gasteiger partial charge in [0, 0.05) is 28.6 Å². The third-order valence-corrected chi connectivity index (χ3v) is 8.59. The second-order valence-electron chi connectivity index (χ2n) is 11.4. The molecule has 2 unspecified atom stereocenters. The number of hydrogen-bond donors (Lipinski definition) is 1. The second-order valence-corrected chi connectivity index (χ2v) is 12.2. The number of nitrogens with one attached hydrogen (secondary N) is 1. The topological polar surface area (TPSA) is 86.3 Å². The monoisotopic (exact) mass is 632 g/mol. The largest absolute Gasteiger partial charge is 0.573 e. The molecule has 2 aromatic heterocycles. The van der Waals surface area contributed by atoms with Crippen molar-refractivity contribution < 1.29 is 22.7 Å². The molecule has 12 heteroatoms. The van der Waals surface area contributed by atoms with Gasteiger partial charge in [-0.15, -0.1) is 29.6 Å². The lowest BCUT2D eigenvalue weighted by molar-refractivity contribution is -0.274. The number of carbonyl (C=O) groups is 1. The first-order valence-electron chi connectivity index (χ1n) is 14.5. The molecule has 1 N–H and O–H groups in total. The quantitative estimate of drug-likeness (QED) is 0.200. The molecule has 232 valence electrons. The van der Waals surface area contributed by atoms with Gasteiger partial charge in [-0.25, -0.2) is 14.5 Å². The summed E-state index contributed by atoms with van der Waals surface area (Å²) < 4.78 is 44.8. The number of hydrogen-bond acceptors (Lipinski definition) is 5. The molecule has 1 saturated carbocycles. The second kappa shape index (κ2) is 12.0. The lowest BCUT2D eigenvalue weighted by Gasteiger charge is -2.16. The maximum absolute atomic E-state index is 13.0. The molecule has 2 amide bonds. The number of aryl methyl sites for hydroxylation is 2. The Morgan fingerprint density at radius 3 is 2.49 bits per heavy atom. The Bertz CT molecular complexity index is 1910. The average Bonchev–Trinajstić information content (AvgIpc) is 3.38. The Balaban J connectivity index is 1.11. The van der Waals surface area contributed by atoms with E-state index in [0.29, 0.717) is 22.2 Å². The van der Waals surface area contributed by atoms with Gasteiger partial charge >= 0.3 is 12.4 Å². The molecule has 0 aliphatic heterocycles. The van der Waals surface area contributed by atoms with Crippen molar-refractivity contribution in [3.63, 3.8) is 0 Å². The number of nitrogens with zero attached hydrogens (tertiary/aromatic N) is 5. The van der Waals surface area contributed by atoms with Crippen LogP contribution in [0, 0.1) is 13.8 Å². The molecule has 8 nitrogen and oxygen atoms in total. The van der Waals surface area contributed by atoms with Crippen LogP contribution in [0.3, 0.4) is 0 Å². The van der Waals surface area contributed by atoms with Gasteiger partial charge < -0.3 is 10.1 Å². The Kier molecular flexibility index (Phi) is 8.08. The van der Waals surface area contributed by atoms with E-state index in [9.17, 15) is 18.0 Å². The predicted octanol–water partition coefficient (Wildman–Crippen LogP) is 7.59. The third-order valence-electron chi connectivity index (χ3n) is 7.65. The Labute approximate surface area is 261 Å². The van der Waals surface area contributed by atoms with Crippen LogP contribution in [-0.4, -0.2) is 37.8 Å². The molecule has 1 fully saturated rings. The molecule has 0 saturated heterocycles. The van der Waals surface area contributed by atoms with Crippen molar-refractivity contribution in [2.24, 2.45) is 4.99 Å². The minimum Gasteiger partial charge on any atom is -0.406 e. The molecule has 2 atom stereocenters. The summed E-state index contributed by atoms with van der Waals surface area (Å²) >= 11 is 1.45. The van der Waals surface area contributed by atoms with Crippen LogP contribution in [0.4, 0.5) is 18.0 Å². The summed E-state index contributed by atoms with van der Waals surface area (Å²) in [5, 5.41) is 9.54. The number of thiazole rings is 1. The van der Waals surface area contributed by atoms with Crippen molar-refractivity contribution >= 4 is 17.4 Å². The number of carbonyl (C=O) groups excluding carboxylic acids is 1. The van der Waals surface area contributed by atoms with Crippen molar-refractivity contribution in [1.82, 2.24) is 24.6 Å². The molecule has 2 heterocycles. The van der Waals surface area contributed by atoms with Gasteiger partial charge in [0.1, 0.15) is 12.1 Å². The number of benzene rings is 3. The lowest BCUT2D eigenvalue weighted by Crippen LogP contribution is -2.27. The van der Waals surface area contributed by atoms with E-state index >= 15 is 0 Å². The van der Waals surface area contributed by atoms with Gasteiger partial charge in [-0.05, 0) is 73.2 Å². The molecule has 0 radical (unpaired) electrons. The zero-order valence-electron chi connectivity index (χ0n) is 25.0. The summed E-state index contributed by atoms with van der Waals surface area (Å²) in [5.74, 6) is 0.674. The van der Waals surface area contributed by atoms with Crippen LogP contribution in [0.25, 0.3) is 22.8 Å². The number of urea groups is 1. The highest BCUT2D eigenvalue weighted by atomic mass is 32.1. The van der Waals surface area contributed by atoms with Crippen molar-refractivity contribution in [3.8, 4) is 28.5 Å². The molecule has 0 spiro atoms. The zero-order valence-corrected chi connectivity index (χ0v) is 25.9. The Morgan fingerprint density at radius 2 is 1.80 bits per heavy atom. The van der Waals surface area contributed by atoms with Crippen molar-refractivity contribution in [2.75, 3.05) is 0 Å². The average molecular weight is 633 g/mol. The molecular formula is C33H31F3N6O2S. The standard InChI is InChI=1S/C33H31F3N6O2S/c1-19(2)26-14-5-20(3)15-29(26)42-21(4)17-45-32(42)39-31(43)38-28-16-27(28)22-6-8-23(9-7-22)30-37-18-41(40-30)24-10-12-25(13-11-24)44-33(34,35)36/h5-15,17-19,27-28H,16H2,1-4H3,(H,38,43). The Morgan fingerprint density at radius 1 is 1.07 bits per heavy atom. The minimum absolute atomic E-state index is 0.00608. The third kappa shape index (κ3) is 6.85. The van der Waals surface area contributed by atoms with Crippen LogP contribution in [0.2, 0.25) is 0 Å². The molecular weight excluding hydrogens is 601 g/mol. The van der Waals surface area contributed by atoms with Crippen LogP contribution < -0.4 is 14.9 Å². The van der Waals surface area contributed by atoms with Gasteiger partial charge in [-0.3, -0.25) is 4.57 Å². The summed E-state index contributed by atoms with van der Waals surface area (Å²) in [6.45, 7) is 8.40. The van der Waals surface area contributed by atoms with E-state index in [0.717, 1.165) is 34.5 Å². The zero-order chi connectivity index (χ0) is 31.9. The van der Waals surface area contributed by atoms with Crippen LogP contribution >= 0.6 is 11.3 Å². The maximum atomic E-state index is 13.0. The summed E-state index contributed by atoms with van der Waals surface area (Å²) in [6, 6.07) is 19.2. The SMILES string of the molecule is Cc1ccc(C(C)C)c(-n2c(C)csc2=NC(=O)NC2CC2c2ccc(-c3ncn(-c4ccc(OC(F)(F)F)cc4)n3)cc2)c1. The lowest BCUT2D eigenvalue weighted by atomic mass is 9.99. The van der Waals surface area contributed by atoms with E-state index in [1.807, 2.05) is 36.6 Å². The van der Waals surface area contributed by atoms with Crippen LogP contribution in [0.15, 0.2) is 83.4 Å². The van der Waals surface area contributed by atoms with E-state index in [1.165, 1.54) is 52.2 Å². The smallest absolute Gasteiger partial charge is 0.406 e. The highest BCUT2D eigenvalue weighted by Gasteiger charge is 2.39. The summed E-state index contributed by atoms with van der Waals surface area (Å²) in [6.07, 6.45) is -2.43. The summed E-state index contributed by atoms with van der Waals surface area (Å²) in [4.78, 5) is 22.4. The molecule has 3 aromatic carbocycles. The summed E-state index contributed by atoms with van der Waals surface area (Å²) in [7, 11) is 0. The van der Waals surface area contributed by atoms with E-state index in [4.69, 9.17) is 0 Å². The first-order chi connectivity index (χ1) is 21.4. The number of alkyl halides is 3. The van der Waals surface area contributed by atoms with Gasteiger partial charge in [0.2, 0.25) is 0 Å². The number of aromatic nitrogens is 4. The molecule has 45 heavy (non-hydrogen) atoms. The summed E-state index contributed by atoms with van der Waals surface area (Å²) in [5.41, 5.74) is 6.85. The van der Waals surface area contributed by atoms with Gasteiger partial charge in [-0.2, -0.15) is 4.99 Å². The van der Waals surface area contributed by atoms with Gasteiger partial charge in [0.15, 0.2) is 10.6 Å². The molecule has 5 aromatic rings. The van der Waals surface area contributed by atoms with Gasteiger partial charge in [0.05, 0.1) is 11.4 Å². The van der Waals surface area contributed by atoms with Gasteiger partial charge in [-0.1, -0.05) is 50.2 Å².